The molecular weight excluding hydrogens is 392 g/mol. The Labute approximate surface area is 173 Å². The van der Waals surface area contributed by atoms with Gasteiger partial charge in [-0.3, -0.25) is 4.57 Å². The topological polar surface area (TPSA) is 63.7 Å². The van der Waals surface area contributed by atoms with Crippen LogP contribution in [0, 0.1) is 11.3 Å². The average Bonchev–Trinajstić information content (AvgIpc) is 3.38. The third-order valence-corrected chi connectivity index (χ3v) is 5.99. The van der Waals surface area contributed by atoms with Crippen molar-refractivity contribution in [2.45, 2.75) is 36.4 Å². The first-order valence-corrected chi connectivity index (χ1v) is 10.5. The van der Waals surface area contributed by atoms with Gasteiger partial charge in [0.15, 0.2) is 11.0 Å². The highest BCUT2D eigenvalue weighted by molar-refractivity contribution is 7.98. The second kappa shape index (κ2) is 8.78. The molecule has 28 heavy (non-hydrogen) atoms. The van der Waals surface area contributed by atoms with Crippen LogP contribution in [0.4, 0.5) is 0 Å². The molecule has 0 aliphatic carbocycles. The molecule has 0 spiro atoms. The zero-order valence-corrected chi connectivity index (χ0v) is 16.8. The van der Waals surface area contributed by atoms with Crippen molar-refractivity contribution in [3.63, 3.8) is 0 Å². The molecule has 2 aromatic carbocycles. The van der Waals surface area contributed by atoms with Crippen molar-refractivity contribution in [3.05, 3.63) is 64.7 Å². The van der Waals surface area contributed by atoms with Crippen molar-refractivity contribution >= 4 is 23.4 Å². The molecule has 0 radical (unpaired) electrons. The zero-order valence-electron chi connectivity index (χ0n) is 15.2. The van der Waals surface area contributed by atoms with E-state index < -0.39 is 0 Å². The molecule has 1 saturated heterocycles. The van der Waals surface area contributed by atoms with Crippen molar-refractivity contribution < 1.29 is 4.74 Å². The van der Waals surface area contributed by atoms with Crippen LogP contribution in [0.3, 0.4) is 0 Å². The lowest BCUT2D eigenvalue weighted by Gasteiger charge is -2.15. The van der Waals surface area contributed by atoms with Gasteiger partial charge in [-0.05, 0) is 48.7 Å². The van der Waals surface area contributed by atoms with Crippen LogP contribution in [-0.2, 0) is 17.0 Å². The van der Waals surface area contributed by atoms with E-state index in [0.29, 0.717) is 22.9 Å². The molecule has 1 aliphatic rings. The highest BCUT2D eigenvalue weighted by Gasteiger charge is 2.22. The standard InChI is InChI=1S/C21H19ClN4OS/c22-18-9-7-15(8-10-18)20-24-25-21(26(20)13-19-6-3-11-27-19)28-14-17-5-2-1-4-16(17)12-23/h1-2,4-5,7-10,19H,3,6,11,13-14H2/t19-/m0/s1. The Balaban J connectivity index is 1.62. The number of ether oxygens (including phenoxy) is 1. The monoisotopic (exact) mass is 410 g/mol. The molecule has 1 aromatic heterocycles. The summed E-state index contributed by atoms with van der Waals surface area (Å²) < 4.78 is 7.96. The number of aromatic nitrogens is 3. The van der Waals surface area contributed by atoms with E-state index in [9.17, 15) is 5.26 Å². The summed E-state index contributed by atoms with van der Waals surface area (Å²) in [5.41, 5.74) is 2.66. The third-order valence-electron chi connectivity index (χ3n) is 4.72. The molecular formula is C21H19ClN4OS. The molecule has 0 unspecified atom stereocenters. The Morgan fingerprint density at radius 1 is 1.18 bits per heavy atom. The molecule has 1 fully saturated rings. The number of nitriles is 1. The number of halogens is 1. The van der Waals surface area contributed by atoms with Gasteiger partial charge in [-0.15, -0.1) is 10.2 Å². The SMILES string of the molecule is N#Cc1ccccc1CSc1nnc(-c2ccc(Cl)cc2)n1C[C@@H]1CCCO1. The number of hydrogen-bond acceptors (Lipinski definition) is 5. The summed E-state index contributed by atoms with van der Waals surface area (Å²) in [4.78, 5) is 0. The number of thioether (sulfide) groups is 1. The minimum atomic E-state index is 0.174. The number of benzene rings is 2. The predicted octanol–water partition coefficient (Wildman–Crippen LogP) is 4.94. The fraction of sp³-hybridized carbons (Fsp3) is 0.286. The first-order chi connectivity index (χ1) is 13.7. The fourth-order valence-corrected chi connectivity index (χ4v) is 4.34. The summed E-state index contributed by atoms with van der Waals surface area (Å²) in [5.74, 6) is 1.47. The summed E-state index contributed by atoms with van der Waals surface area (Å²) in [6, 6.07) is 17.5. The lowest BCUT2D eigenvalue weighted by Crippen LogP contribution is -2.16. The molecule has 3 aromatic rings. The van der Waals surface area contributed by atoms with Crippen molar-refractivity contribution in [1.82, 2.24) is 14.8 Å². The molecule has 0 bridgehead atoms. The zero-order chi connectivity index (χ0) is 19.3. The van der Waals surface area contributed by atoms with E-state index in [1.54, 1.807) is 11.8 Å². The van der Waals surface area contributed by atoms with Crippen LogP contribution in [0.2, 0.25) is 5.02 Å². The van der Waals surface area contributed by atoms with Crippen LogP contribution in [-0.4, -0.2) is 27.5 Å². The van der Waals surface area contributed by atoms with E-state index in [1.165, 1.54) is 0 Å². The Bertz CT molecular complexity index is 990. The van der Waals surface area contributed by atoms with Gasteiger partial charge >= 0.3 is 0 Å². The first kappa shape index (κ1) is 19.0. The van der Waals surface area contributed by atoms with E-state index in [-0.39, 0.29) is 6.10 Å². The van der Waals surface area contributed by atoms with Gasteiger partial charge in [-0.1, -0.05) is 41.6 Å². The van der Waals surface area contributed by atoms with Crippen molar-refractivity contribution in [2.24, 2.45) is 0 Å². The average molecular weight is 411 g/mol. The normalized spacial score (nSPS) is 16.2. The Kier molecular flexibility index (Phi) is 5.96. The summed E-state index contributed by atoms with van der Waals surface area (Å²) in [5, 5.41) is 19.7. The van der Waals surface area contributed by atoms with Gasteiger partial charge in [0.2, 0.25) is 0 Å². The smallest absolute Gasteiger partial charge is 0.191 e. The van der Waals surface area contributed by atoms with Gasteiger partial charge in [0.05, 0.1) is 24.3 Å². The van der Waals surface area contributed by atoms with E-state index >= 15 is 0 Å². The minimum Gasteiger partial charge on any atom is -0.376 e. The highest BCUT2D eigenvalue weighted by Crippen LogP contribution is 2.29. The third kappa shape index (κ3) is 4.22. The van der Waals surface area contributed by atoms with Crippen molar-refractivity contribution in [1.29, 1.82) is 5.26 Å². The molecule has 0 N–H and O–H groups in total. The number of nitrogens with zero attached hydrogens (tertiary/aromatic N) is 4. The molecule has 0 saturated carbocycles. The Morgan fingerprint density at radius 2 is 2.00 bits per heavy atom. The number of rotatable bonds is 6. The second-order valence-corrected chi connectivity index (χ2v) is 8.00. The van der Waals surface area contributed by atoms with E-state index in [4.69, 9.17) is 16.3 Å². The lowest BCUT2D eigenvalue weighted by molar-refractivity contribution is 0.0953. The van der Waals surface area contributed by atoms with E-state index in [1.807, 2.05) is 48.5 Å². The van der Waals surface area contributed by atoms with E-state index in [2.05, 4.69) is 20.8 Å². The second-order valence-electron chi connectivity index (χ2n) is 6.62. The molecule has 4 rings (SSSR count). The maximum atomic E-state index is 9.32. The van der Waals surface area contributed by atoms with Gasteiger partial charge in [0.25, 0.3) is 0 Å². The van der Waals surface area contributed by atoms with Crippen LogP contribution >= 0.6 is 23.4 Å². The molecule has 2 heterocycles. The van der Waals surface area contributed by atoms with Gasteiger partial charge in [0.1, 0.15) is 0 Å². The molecule has 0 amide bonds. The van der Waals surface area contributed by atoms with Crippen LogP contribution in [0.1, 0.15) is 24.0 Å². The summed E-state index contributed by atoms with van der Waals surface area (Å²) in [6.45, 7) is 1.52. The molecule has 5 nitrogen and oxygen atoms in total. The first-order valence-electron chi connectivity index (χ1n) is 9.16. The maximum absolute atomic E-state index is 9.32. The van der Waals surface area contributed by atoms with Crippen LogP contribution in [0.25, 0.3) is 11.4 Å². The fourth-order valence-electron chi connectivity index (χ4n) is 3.26. The van der Waals surface area contributed by atoms with Crippen molar-refractivity contribution in [2.75, 3.05) is 6.61 Å². The van der Waals surface area contributed by atoms with Gasteiger partial charge < -0.3 is 4.74 Å². The van der Waals surface area contributed by atoms with Crippen LogP contribution in [0.15, 0.2) is 53.7 Å². The molecule has 7 heteroatoms. The van der Waals surface area contributed by atoms with Gasteiger partial charge in [-0.25, -0.2) is 0 Å². The maximum Gasteiger partial charge on any atom is 0.191 e. The summed E-state index contributed by atoms with van der Waals surface area (Å²) in [7, 11) is 0. The minimum absolute atomic E-state index is 0.174. The van der Waals surface area contributed by atoms with Gasteiger partial charge in [-0.2, -0.15) is 5.26 Å². The highest BCUT2D eigenvalue weighted by atomic mass is 35.5. The summed E-state index contributed by atoms with van der Waals surface area (Å²) >= 11 is 7.62. The molecule has 1 atom stereocenters. The van der Waals surface area contributed by atoms with Gasteiger partial charge in [0, 0.05) is 22.9 Å². The molecule has 142 valence electrons. The Morgan fingerprint density at radius 3 is 2.75 bits per heavy atom. The largest absolute Gasteiger partial charge is 0.376 e. The van der Waals surface area contributed by atoms with Crippen LogP contribution < -0.4 is 0 Å². The summed E-state index contributed by atoms with van der Waals surface area (Å²) in [6.07, 6.45) is 2.30. The van der Waals surface area contributed by atoms with Crippen molar-refractivity contribution in [3.8, 4) is 17.5 Å². The van der Waals surface area contributed by atoms with Crippen LogP contribution in [0.5, 0.6) is 0 Å². The molecule has 1 aliphatic heterocycles. The lowest BCUT2D eigenvalue weighted by atomic mass is 10.1. The Hall–Kier alpha value is -2.33. The predicted molar refractivity (Wildman–Crippen MR) is 110 cm³/mol. The quantitative estimate of drug-likeness (QED) is 0.538. The number of hydrogen-bond donors (Lipinski definition) is 0. The van der Waals surface area contributed by atoms with E-state index in [0.717, 1.165) is 41.6 Å².